The summed E-state index contributed by atoms with van der Waals surface area (Å²) in [5.74, 6) is 0.592. The fourth-order valence-corrected chi connectivity index (χ4v) is 3.41. The SMILES string of the molecule is O=C(NCc1ccccn1)c1cccc(OC2CCN(Cc3ccon3)CC2)c1. The van der Waals surface area contributed by atoms with Gasteiger partial charge in [-0.1, -0.05) is 17.3 Å². The van der Waals surface area contributed by atoms with E-state index in [0.717, 1.165) is 49.6 Å². The van der Waals surface area contributed by atoms with E-state index in [4.69, 9.17) is 9.26 Å². The Hall–Kier alpha value is -3.19. The van der Waals surface area contributed by atoms with Gasteiger partial charge in [-0.15, -0.1) is 0 Å². The lowest BCUT2D eigenvalue weighted by Gasteiger charge is -2.31. The summed E-state index contributed by atoms with van der Waals surface area (Å²) in [6, 6.07) is 14.9. The molecule has 1 aromatic carbocycles. The first-order chi connectivity index (χ1) is 14.3. The van der Waals surface area contributed by atoms with Gasteiger partial charge in [-0.2, -0.15) is 0 Å². The molecule has 1 fully saturated rings. The third-order valence-electron chi connectivity index (χ3n) is 4.97. The van der Waals surface area contributed by atoms with E-state index >= 15 is 0 Å². The minimum absolute atomic E-state index is 0.136. The summed E-state index contributed by atoms with van der Waals surface area (Å²) < 4.78 is 11.0. The number of benzene rings is 1. The molecule has 1 amide bonds. The molecular weight excluding hydrogens is 368 g/mol. The minimum Gasteiger partial charge on any atom is -0.490 e. The molecule has 1 aliphatic rings. The Labute approximate surface area is 169 Å². The summed E-state index contributed by atoms with van der Waals surface area (Å²) in [4.78, 5) is 19.0. The summed E-state index contributed by atoms with van der Waals surface area (Å²) in [6.07, 6.45) is 5.34. The number of rotatable bonds is 7. The highest BCUT2D eigenvalue weighted by atomic mass is 16.5. The molecule has 0 aliphatic carbocycles. The molecular formula is C22H24N4O3. The van der Waals surface area contributed by atoms with E-state index in [1.807, 2.05) is 36.4 Å². The lowest BCUT2D eigenvalue weighted by molar-refractivity contribution is 0.0929. The highest BCUT2D eigenvalue weighted by Crippen LogP contribution is 2.21. The standard InChI is InChI=1S/C22H24N4O3/c27-22(24-15-18-5-1-2-10-23-18)17-4-3-6-21(14-17)29-20-7-11-26(12-8-20)16-19-9-13-28-25-19/h1-6,9-10,13-14,20H,7-8,11-12,15-16H2,(H,24,27). The summed E-state index contributed by atoms with van der Waals surface area (Å²) >= 11 is 0. The van der Waals surface area contributed by atoms with Crippen LogP contribution < -0.4 is 10.1 Å². The Kier molecular flexibility index (Phi) is 6.16. The molecule has 29 heavy (non-hydrogen) atoms. The van der Waals surface area contributed by atoms with E-state index in [1.165, 1.54) is 0 Å². The molecule has 0 spiro atoms. The first kappa shape index (κ1) is 19.1. The Morgan fingerprint density at radius 3 is 2.79 bits per heavy atom. The smallest absolute Gasteiger partial charge is 0.251 e. The monoisotopic (exact) mass is 392 g/mol. The third kappa shape index (κ3) is 5.42. The van der Waals surface area contributed by atoms with E-state index in [-0.39, 0.29) is 12.0 Å². The molecule has 4 rings (SSSR count). The number of carbonyl (C=O) groups is 1. The van der Waals surface area contributed by atoms with Crippen LogP contribution in [0, 0.1) is 0 Å². The van der Waals surface area contributed by atoms with Gasteiger partial charge in [0.2, 0.25) is 0 Å². The normalized spacial score (nSPS) is 15.2. The van der Waals surface area contributed by atoms with Crippen LogP contribution in [0.15, 0.2) is 65.5 Å². The highest BCUT2D eigenvalue weighted by molar-refractivity contribution is 5.94. The van der Waals surface area contributed by atoms with Crippen molar-refractivity contribution in [3.8, 4) is 5.75 Å². The van der Waals surface area contributed by atoms with Gasteiger partial charge in [-0.25, -0.2) is 0 Å². The van der Waals surface area contributed by atoms with Crippen molar-refractivity contribution in [3.05, 3.63) is 77.9 Å². The van der Waals surface area contributed by atoms with Crippen molar-refractivity contribution in [2.24, 2.45) is 0 Å². The molecule has 1 aliphatic heterocycles. The molecule has 7 nitrogen and oxygen atoms in total. The minimum atomic E-state index is -0.136. The zero-order chi connectivity index (χ0) is 19.9. The van der Waals surface area contributed by atoms with E-state index in [2.05, 4.69) is 20.4 Å². The van der Waals surface area contributed by atoms with Gasteiger partial charge >= 0.3 is 0 Å². The van der Waals surface area contributed by atoms with E-state index in [1.54, 1.807) is 24.6 Å². The van der Waals surface area contributed by atoms with Gasteiger partial charge in [-0.05, 0) is 43.2 Å². The Bertz CT molecular complexity index is 907. The zero-order valence-corrected chi connectivity index (χ0v) is 16.2. The second-order valence-electron chi connectivity index (χ2n) is 7.12. The largest absolute Gasteiger partial charge is 0.490 e. The van der Waals surface area contributed by atoms with Crippen molar-refractivity contribution >= 4 is 5.91 Å². The third-order valence-corrected chi connectivity index (χ3v) is 4.97. The predicted octanol–water partition coefficient (Wildman–Crippen LogP) is 3.04. The topological polar surface area (TPSA) is 80.5 Å². The quantitative estimate of drug-likeness (QED) is 0.666. The molecule has 0 radical (unpaired) electrons. The van der Waals surface area contributed by atoms with Gasteiger partial charge in [0, 0.05) is 37.5 Å². The highest BCUT2D eigenvalue weighted by Gasteiger charge is 2.21. The second kappa shape index (κ2) is 9.34. The predicted molar refractivity (Wildman–Crippen MR) is 107 cm³/mol. The van der Waals surface area contributed by atoms with Crippen LogP contribution >= 0.6 is 0 Å². The molecule has 2 aromatic heterocycles. The Morgan fingerprint density at radius 1 is 1.14 bits per heavy atom. The van der Waals surface area contributed by atoms with Crippen molar-refractivity contribution in [1.29, 1.82) is 0 Å². The van der Waals surface area contributed by atoms with Crippen molar-refractivity contribution in [2.45, 2.75) is 32.0 Å². The zero-order valence-electron chi connectivity index (χ0n) is 16.2. The van der Waals surface area contributed by atoms with E-state index in [0.29, 0.717) is 12.1 Å². The molecule has 0 unspecified atom stereocenters. The van der Waals surface area contributed by atoms with Crippen molar-refractivity contribution < 1.29 is 14.1 Å². The second-order valence-corrected chi connectivity index (χ2v) is 7.12. The fraction of sp³-hybridized carbons (Fsp3) is 0.318. The number of nitrogens with one attached hydrogen (secondary N) is 1. The maximum atomic E-state index is 12.4. The van der Waals surface area contributed by atoms with Gasteiger partial charge in [0.15, 0.2) is 0 Å². The summed E-state index contributed by atoms with van der Waals surface area (Å²) in [7, 11) is 0. The van der Waals surface area contributed by atoms with Gasteiger partial charge in [0.1, 0.15) is 18.1 Å². The average molecular weight is 392 g/mol. The number of hydrogen-bond donors (Lipinski definition) is 1. The summed E-state index contributed by atoms with van der Waals surface area (Å²) in [5, 5.41) is 6.86. The number of hydrogen-bond acceptors (Lipinski definition) is 6. The first-order valence-corrected chi connectivity index (χ1v) is 9.83. The number of piperidine rings is 1. The van der Waals surface area contributed by atoms with Crippen LogP contribution in [0.1, 0.15) is 34.6 Å². The maximum absolute atomic E-state index is 12.4. The first-order valence-electron chi connectivity index (χ1n) is 9.83. The summed E-state index contributed by atoms with van der Waals surface area (Å²) in [6.45, 7) is 3.09. The molecule has 1 saturated heterocycles. The van der Waals surface area contributed by atoms with Crippen LogP contribution in [-0.2, 0) is 13.1 Å². The van der Waals surface area contributed by atoms with Crippen LogP contribution in [0.25, 0.3) is 0 Å². The molecule has 3 heterocycles. The van der Waals surface area contributed by atoms with Gasteiger partial charge in [0.05, 0.1) is 17.9 Å². The van der Waals surface area contributed by atoms with Crippen molar-refractivity contribution in [2.75, 3.05) is 13.1 Å². The van der Waals surface area contributed by atoms with Crippen LogP contribution in [0.4, 0.5) is 0 Å². The lowest BCUT2D eigenvalue weighted by atomic mass is 10.1. The summed E-state index contributed by atoms with van der Waals surface area (Å²) in [5.41, 5.74) is 2.36. The van der Waals surface area contributed by atoms with Crippen LogP contribution in [0.2, 0.25) is 0 Å². The molecule has 3 aromatic rings. The number of pyridine rings is 1. The van der Waals surface area contributed by atoms with Gasteiger partial charge in [0.25, 0.3) is 5.91 Å². The van der Waals surface area contributed by atoms with Crippen molar-refractivity contribution in [1.82, 2.24) is 20.4 Å². The maximum Gasteiger partial charge on any atom is 0.251 e. The molecule has 0 saturated carbocycles. The average Bonchev–Trinajstić information content (AvgIpc) is 3.27. The van der Waals surface area contributed by atoms with E-state index < -0.39 is 0 Å². The molecule has 1 N–H and O–H groups in total. The fourth-order valence-electron chi connectivity index (χ4n) is 3.41. The molecule has 150 valence electrons. The molecule has 7 heteroatoms. The number of amides is 1. The number of carbonyl (C=O) groups excluding carboxylic acids is 1. The van der Waals surface area contributed by atoms with Crippen molar-refractivity contribution in [3.63, 3.8) is 0 Å². The van der Waals surface area contributed by atoms with Crippen LogP contribution in [0.5, 0.6) is 5.75 Å². The Morgan fingerprint density at radius 2 is 2.03 bits per heavy atom. The molecule has 0 bridgehead atoms. The number of ether oxygens (including phenoxy) is 1. The number of aromatic nitrogens is 2. The lowest BCUT2D eigenvalue weighted by Crippen LogP contribution is -2.37. The van der Waals surface area contributed by atoms with Gasteiger partial charge < -0.3 is 14.6 Å². The van der Waals surface area contributed by atoms with Crippen LogP contribution in [-0.4, -0.2) is 40.1 Å². The number of nitrogens with zero attached hydrogens (tertiary/aromatic N) is 3. The Balaban J connectivity index is 1.27. The molecule has 0 atom stereocenters. The van der Waals surface area contributed by atoms with Crippen LogP contribution in [0.3, 0.4) is 0 Å². The van der Waals surface area contributed by atoms with Gasteiger partial charge in [-0.3, -0.25) is 14.7 Å². The van der Waals surface area contributed by atoms with E-state index in [9.17, 15) is 4.79 Å². The number of likely N-dealkylation sites (tertiary alicyclic amines) is 1.